The number of nitrogens with zero attached hydrogens (tertiary/aromatic N) is 5. The van der Waals surface area contributed by atoms with Gasteiger partial charge in [0.1, 0.15) is 11.8 Å². The number of benzene rings is 1. The number of fused-ring (bicyclic) bond motifs is 1. The van der Waals surface area contributed by atoms with Gasteiger partial charge in [-0.1, -0.05) is 13.8 Å². The summed E-state index contributed by atoms with van der Waals surface area (Å²) >= 11 is 6.68. The minimum Gasteiger partial charge on any atom is -0.506 e. The molecule has 14 nitrogen and oxygen atoms in total. The molecule has 3 aromatic heterocycles. The van der Waals surface area contributed by atoms with Gasteiger partial charge >= 0.3 is 11.7 Å². The zero-order chi connectivity index (χ0) is 40.9. The number of nitrogens with one attached hydrogen (secondary N) is 4. The molecule has 6 rings (SSSR count). The maximum Gasteiger partial charge on any atom is 0.327 e. The van der Waals surface area contributed by atoms with E-state index in [0.717, 1.165) is 44.5 Å². The highest BCUT2D eigenvalue weighted by Gasteiger charge is 2.31. The number of piperidine rings is 2. The number of urea groups is 1. The van der Waals surface area contributed by atoms with Gasteiger partial charge in [-0.15, -0.1) is 0 Å². The molecule has 0 saturated carbocycles. The van der Waals surface area contributed by atoms with E-state index in [9.17, 15) is 24.3 Å². The number of hydrogen-bond donors (Lipinski definition) is 5. The highest BCUT2D eigenvalue weighted by molar-refractivity contribution is 9.11. The first-order valence-electron chi connectivity index (χ1n) is 19.9. The molecular weight excluding hydrogens is 858 g/mol. The molecule has 2 saturated heterocycles. The third-order valence-electron chi connectivity index (χ3n) is 10.6. The van der Waals surface area contributed by atoms with Gasteiger partial charge in [0.25, 0.3) is 0 Å². The number of hydrogen-bond acceptors (Lipinski definition) is 9. The summed E-state index contributed by atoms with van der Waals surface area (Å²) < 4.78 is 2.60. The van der Waals surface area contributed by atoms with E-state index in [0.29, 0.717) is 58.4 Å². The number of aromatic amines is 1. The van der Waals surface area contributed by atoms with Crippen LogP contribution >= 0.6 is 31.9 Å². The number of Topliss-reactive ketones (excluding diaryl/α,β-unsaturated/α-hetero) is 1. The van der Waals surface area contributed by atoms with Crippen LogP contribution in [0.15, 0.2) is 68.7 Å². The summed E-state index contributed by atoms with van der Waals surface area (Å²) in [6.45, 7) is 10.7. The minimum absolute atomic E-state index is 0.0327. The Balaban J connectivity index is 0.000000405. The normalized spacial score (nSPS) is 16.0. The van der Waals surface area contributed by atoms with Crippen LogP contribution in [0.25, 0.3) is 11.2 Å². The van der Waals surface area contributed by atoms with E-state index in [1.54, 1.807) is 33.9 Å². The first kappa shape index (κ1) is 43.8. The van der Waals surface area contributed by atoms with Gasteiger partial charge in [-0.2, -0.15) is 0 Å². The fourth-order valence-electron chi connectivity index (χ4n) is 7.58. The second-order valence-corrected chi connectivity index (χ2v) is 16.5. The van der Waals surface area contributed by atoms with Crippen molar-refractivity contribution in [2.75, 3.05) is 44.2 Å². The van der Waals surface area contributed by atoms with Crippen molar-refractivity contribution in [3.05, 3.63) is 80.0 Å². The molecule has 2 unspecified atom stereocenters. The molecule has 2 aliphatic heterocycles. The number of aromatic nitrogens is 4. The smallest absolute Gasteiger partial charge is 0.327 e. The zero-order valence-electron chi connectivity index (χ0n) is 33.0. The summed E-state index contributed by atoms with van der Waals surface area (Å²) in [6.07, 6.45) is 11.4. The van der Waals surface area contributed by atoms with Crippen LogP contribution in [0.1, 0.15) is 77.3 Å². The number of phenols is 1. The Hall–Kier alpha value is -4.28. The van der Waals surface area contributed by atoms with Gasteiger partial charge in [-0.3, -0.25) is 24.1 Å². The van der Waals surface area contributed by atoms with Gasteiger partial charge in [0.05, 0.1) is 20.5 Å². The number of halogens is 2. The Morgan fingerprint density at radius 3 is 2.21 bits per heavy atom. The first-order chi connectivity index (χ1) is 27.5. The van der Waals surface area contributed by atoms with Crippen LogP contribution in [0.2, 0.25) is 0 Å². The molecule has 3 amide bonds. The van der Waals surface area contributed by atoms with E-state index < -0.39 is 24.0 Å². The van der Waals surface area contributed by atoms with E-state index in [-0.39, 0.29) is 29.7 Å². The van der Waals surface area contributed by atoms with Crippen molar-refractivity contribution in [1.82, 2.24) is 40.4 Å². The number of aromatic hydroxyl groups is 1. The molecule has 2 aliphatic rings. The van der Waals surface area contributed by atoms with Crippen LogP contribution in [0.4, 0.5) is 10.5 Å². The topological polar surface area (TPSA) is 178 Å². The van der Waals surface area contributed by atoms with E-state index in [1.807, 2.05) is 18.5 Å². The van der Waals surface area contributed by atoms with Gasteiger partial charge < -0.3 is 30.9 Å². The average Bonchev–Trinajstić information content (AvgIpc) is 3.55. The van der Waals surface area contributed by atoms with Gasteiger partial charge in [-0.05, 0) is 145 Å². The Labute approximate surface area is 350 Å². The zero-order valence-corrected chi connectivity index (χ0v) is 36.1. The van der Waals surface area contributed by atoms with Gasteiger partial charge in [0.15, 0.2) is 11.4 Å². The lowest BCUT2D eigenvalue weighted by atomic mass is 9.89. The number of carbonyl (C=O) groups is 3. The highest BCUT2D eigenvalue weighted by atomic mass is 79.9. The molecule has 5 N–H and O–H groups in total. The molecule has 0 spiro atoms. The summed E-state index contributed by atoms with van der Waals surface area (Å²) in [4.78, 5) is 67.5. The molecule has 0 radical (unpaired) electrons. The second-order valence-electron chi connectivity index (χ2n) is 14.8. The van der Waals surface area contributed by atoms with Crippen molar-refractivity contribution >= 4 is 66.4 Å². The third-order valence-corrected chi connectivity index (χ3v) is 11.8. The van der Waals surface area contributed by atoms with Gasteiger partial charge in [0.2, 0.25) is 5.91 Å². The SMILES string of the molecule is CC(=O)C(CC1CCNCC1)NC(=O)C(Cc1cc(Br)c(O)c(Br)c1)NC(=O)N1CCC(n2c(=O)[nH]c3ncccc32)CC1.CCCN(CCC)c1ccncc1. The lowest BCUT2D eigenvalue weighted by Crippen LogP contribution is -2.56. The number of imidazole rings is 1. The lowest BCUT2D eigenvalue weighted by molar-refractivity contribution is -0.128. The van der Waals surface area contributed by atoms with E-state index in [4.69, 9.17) is 0 Å². The van der Waals surface area contributed by atoms with Crippen molar-refractivity contribution in [2.24, 2.45) is 5.92 Å². The molecule has 2 atom stereocenters. The number of likely N-dealkylation sites (tertiary alicyclic amines) is 1. The van der Waals surface area contributed by atoms with Crippen LogP contribution in [0.3, 0.4) is 0 Å². The Bertz CT molecular complexity index is 1970. The van der Waals surface area contributed by atoms with E-state index >= 15 is 0 Å². The van der Waals surface area contributed by atoms with E-state index in [2.05, 4.69) is 93.6 Å². The van der Waals surface area contributed by atoms with Crippen LogP contribution in [0.5, 0.6) is 5.75 Å². The van der Waals surface area contributed by atoms with Crippen molar-refractivity contribution in [2.45, 2.75) is 90.3 Å². The molecule has 0 aliphatic carbocycles. The fourth-order valence-corrected chi connectivity index (χ4v) is 8.86. The molecule has 16 heteroatoms. The van der Waals surface area contributed by atoms with Gasteiger partial charge in [-0.25, -0.2) is 14.6 Å². The molecule has 57 heavy (non-hydrogen) atoms. The average molecular weight is 914 g/mol. The third kappa shape index (κ3) is 12.1. The molecule has 2 fully saturated rings. The molecule has 1 aromatic carbocycles. The summed E-state index contributed by atoms with van der Waals surface area (Å²) in [5.41, 5.74) is 3.02. The van der Waals surface area contributed by atoms with Crippen LogP contribution in [-0.4, -0.2) is 98.6 Å². The number of carbonyl (C=O) groups excluding carboxylic acids is 3. The molecule has 308 valence electrons. The number of rotatable bonds is 14. The predicted octanol–water partition coefficient (Wildman–Crippen LogP) is 6.08. The molecule has 5 heterocycles. The minimum atomic E-state index is -0.972. The summed E-state index contributed by atoms with van der Waals surface area (Å²) in [7, 11) is 0. The van der Waals surface area contributed by atoms with Crippen LogP contribution < -0.4 is 26.5 Å². The second kappa shape index (κ2) is 21.5. The summed E-state index contributed by atoms with van der Waals surface area (Å²) in [6, 6.07) is 9.07. The summed E-state index contributed by atoms with van der Waals surface area (Å²) in [5.74, 6) is -0.211. The molecule has 0 bridgehead atoms. The maximum atomic E-state index is 13.7. The maximum absolute atomic E-state index is 13.7. The molecular formula is C41H55Br2N9O5. The Kier molecular flexibility index (Phi) is 16.5. The highest BCUT2D eigenvalue weighted by Crippen LogP contribution is 2.34. The lowest BCUT2D eigenvalue weighted by Gasteiger charge is -2.34. The van der Waals surface area contributed by atoms with Gasteiger partial charge in [0, 0.05) is 62.9 Å². The predicted molar refractivity (Wildman–Crippen MR) is 230 cm³/mol. The Morgan fingerprint density at radius 2 is 1.60 bits per heavy atom. The number of H-pyrrole nitrogens is 1. The van der Waals surface area contributed by atoms with Crippen LogP contribution in [0, 0.1) is 5.92 Å². The van der Waals surface area contributed by atoms with Crippen molar-refractivity contribution < 1.29 is 19.5 Å². The van der Waals surface area contributed by atoms with Crippen molar-refractivity contribution in [1.29, 1.82) is 0 Å². The van der Waals surface area contributed by atoms with Crippen molar-refractivity contribution in [3.63, 3.8) is 0 Å². The monoisotopic (exact) mass is 911 g/mol. The molecule has 4 aromatic rings. The van der Waals surface area contributed by atoms with Crippen molar-refractivity contribution in [3.8, 4) is 5.75 Å². The standard InChI is InChI=1S/C30H37Br2N7O5.C11H18N2/c1-17(40)23(15-18-4-9-33-10-5-18)35-28(42)24(16-19-13-21(31)26(41)22(32)14-19)36-29(43)38-11-6-20(7-12-38)39-25-3-2-8-34-27(25)37-30(39)44;1-3-9-13(10-4-2)11-5-7-12-8-6-11/h2-3,8,13-14,18,20,23-24,33,41H,4-7,9-12,15-16H2,1H3,(H,35,42)(H,36,43)(H,34,37,44);5-8H,3-4,9-10H2,1-2H3. The fraction of sp³-hybridized carbons (Fsp3) is 0.512. The van der Waals surface area contributed by atoms with Crippen LogP contribution in [-0.2, 0) is 16.0 Å². The summed E-state index contributed by atoms with van der Waals surface area (Å²) in [5, 5.41) is 19.3. The van der Waals surface area contributed by atoms with E-state index in [1.165, 1.54) is 25.5 Å². The quantitative estimate of drug-likeness (QED) is 0.100. The Morgan fingerprint density at radius 1 is 0.947 bits per heavy atom. The number of phenolic OH excluding ortho intramolecular Hbond substituents is 1. The first-order valence-corrected chi connectivity index (χ1v) is 21.5. The number of pyridine rings is 2. The largest absolute Gasteiger partial charge is 0.506 e. The number of anilines is 1. The number of ketones is 1. The number of amides is 3.